The first kappa shape index (κ1) is 22.9. The van der Waals surface area contributed by atoms with Crippen LogP contribution >= 0.6 is 7.82 Å². The summed E-state index contributed by atoms with van der Waals surface area (Å²) in [5.74, 6) is -2.29. The molecule has 0 saturated heterocycles. The van der Waals surface area contributed by atoms with Gasteiger partial charge in [0.2, 0.25) is 0 Å². The van der Waals surface area contributed by atoms with E-state index in [0.29, 0.717) is 0 Å². The number of nitrogens with one attached hydrogen (secondary N) is 3. The lowest BCUT2D eigenvalue weighted by Gasteiger charge is -2.17. The fourth-order valence-electron chi connectivity index (χ4n) is 2.29. The third kappa shape index (κ3) is 6.59. The van der Waals surface area contributed by atoms with Crippen LogP contribution in [0.2, 0.25) is 0 Å². The molecule has 3 aromatic rings. The van der Waals surface area contributed by atoms with E-state index in [-0.39, 0.29) is 16.7 Å². The average molecular weight is 455 g/mol. The minimum absolute atomic E-state index is 0.195. The van der Waals surface area contributed by atoms with Crippen LogP contribution in [0.5, 0.6) is 0 Å². The normalized spacial score (nSPS) is 10.8. The van der Waals surface area contributed by atoms with Crippen molar-refractivity contribution >= 4 is 25.5 Å². The van der Waals surface area contributed by atoms with Gasteiger partial charge in [0.15, 0.2) is 0 Å². The topological polar surface area (TPSA) is 132 Å². The number of amides is 3. The summed E-state index contributed by atoms with van der Waals surface area (Å²) in [6.07, 6.45) is 0. The molecular weight excluding hydrogens is 437 g/mol. The predicted molar refractivity (Wildman–Crippen MR) is 113 cm³/mol. The summed E-state index contributed by atoms with van der Waals surface area (Å²) in [5, 5.41) is 0. The molecule has 0 radical (unpaired) electrons. The van der Waals surface area contributed by atoms with E-state index >= 15 is 0 Å². The van der Waals surface area contributed by atoms with E-state index < -0.39 is 25.5 Å². The predicted octanol–water partition coefficient (Wildman–Crippen LogP) is 3.18. The number of benzene rings is 3. The number of hydroxylamine groups is 3. The molecule has 3 amide bonds. The van der Waals surface area contributed by atoms with Gasteiger partial charge < -0.3 is 0 Å². The molecule has 32 heavy (non-hydrogen) atoms. The average Bonchev–Trinajstić information content (AvgIpc) is 2.86. The van der Waals surface area contributed by atoms with Gasteiger partial charge in [-0.2, -0.15) is 13.9 Å². The Morgan fingerprint density at radius 1 is 0.500 bits per heavy atom. The first-order valence-corrected chi connectivity index (χ1v) is 10.6. The first-order chi connectivity index (χ1) is 15.5. The molecule has 0 aliphatic rings. The maximum atomic E-state index is 12.9. The van der Waals surface area contributed by atoms with E-state index in [1.54, 1.807) is 54.6 Å². The second kappa shape index (κ2) is 11.0. The highest BCUT2D eigenvalue weighted by atomic mass is 31.2. The second-order valence-electron chi connectivity index (χ2n) is 6.11. The summed E-state index contributed by atoms with van der Waals surface area (Å²) in [7, 11) is -4.74. The van der Waals surface area contributed by atoms with Gasteiger partial charge in [0, 0.05) is 16.7 Å². The van der Waals surface area contributed by atoms with Crippen molar-refractivity contribution in [2.75, 3.05) is 0 Å². The maximum absolute atomic E-state index is 12.9. The molecule has 0 saturated carbocycles. The fraction of sp³-hybridized carbons (Fsp3) is 0. The Bertz CT molecular complexity index is 971. The van der Waals surface area contributed by atoms with Crippen molar-refractivity contribution < 1.29 is 32.8 Å². The summed E-state index contributed by atoms with van der Waals surface area (Å²) < 4.78 is 27.3. The Hall–Kier alpha value is -3.82. The molecule has 164 valence electrons. The van der Waals surface area contributed by atoms with Gasteiger partial charge in [-0.3, -0.25) is 14.4 Å². The number of rotatable bonds is 9. The van der Waals surface area contributed by atoms with Gasteiger partial charge in [-0.05, 0) is 36.4 Å². The van der Waals surface area contributed by atoms with Crippen molar-refractivity contribution in [3.8, 4) is 0 Å². The van der Waals surface area contributed by atoms with E-state index in [1.807, 2.05) is 16.4 Å². The van der Waals surface area contributed by atoms with Gasteiger partial charge in [0.05, 0.1) is 0 Å². The third-order valence-corrected chi connectivity index (χ3v) is 4.80. The van der Waals surface area contributed by atoms with Crippen molar-refractivity contribution in [1.29, 1.82) is 0 Å². The summed E-state index contributed by atoms with van der Waals surface area (Å²) >= 11 is 0. The lowest BCUT2D eigenvalue weighted by Crippen LogP contribution is -2.31. The van der Waals surface area contributed by atoms with Crippen LogP contribution in [-0.4, -0.2) is 17.7 Å². The molecular formula is C21H18N3O7P. The highest BCUT2D eigenvalue weighted by Crippen LogP contribution is 2.46. The molecule has 0 fully saturated rings. The van der Waals surface area contributed by atoms with Gasteiger partial charge in [-0.1, -0.05) is 54.6 Å². The van der Waals surface area contributed by atoms with Crippen LogP contribution in [-0.2, 0) is 18.4 Å². The Labute approximate surface area is 183 Å². The zero-order valence-corrected chi connectivity index (χ0v) is 17.4. The largest absolute Gasteiger partial charge is 0.539 e. The van der Waals surface area contributed by atoms with E-state index in [2.05, 4.69) is 0 Å². The molecule has 0 aliphatic heterocycles. The quantitative estimate of drug-likeness (QED) is 0.334. The zero-order chi connectivity index (χ0) is 22.8. The van der Waals surface area contributed by atoms with Gasteiger partial charge in [0.1, 0.15) is 0 Å². The molecule has 10 nitrogen and oxygen atoms in total. The zero-order valence-electron chi connectivity index (χ0n) is 16.5. The van der Waals surface area contributed by atoms with Gasteiger partial charge in [-0.25, -0.2) is 21.0 Å². The van der Waals surface area contributed by atoms with E-state index in [4.69, 9.17) is 13.9 Å². The Morgan fingerprint density at radius 3 is 1.00 bits per heavy atom. The van der Waals surface area contributed by atoms with Crippen LogP contribution < -0.4 is 16.4 Å². The van der Waals surface area contributed by atoms with E-state index in [9.17, 15) is 18.9 Å². The van der Waals surface area contributed by atoms with E-state index in [0.717, 1.165) is 0 Å². The van der Waals surface area contributed by atoms with E-state index in [1.165, 1.54) is 36.4 Å². The van der Waals surface area contributed by atoms with Crippen LogP contribution in [0.25, 0.3) is 0 Å². The molecule has 0 unspecified atom stereocenters. The van der Waals surface area contributed by atoms with Crippen LogP contribution in [0.4, 0.5) is 0 Å². The Balaban J connectivity index is 1.67. The Morgan fingerprint density at radius 2 is 0.750 bits per heavy atom. The Kier molecular flexibility index (Phi) is 7.85. The number of phosphoric acid groups is 1. The monoisotopic (exact) mass is 455 g/mol. The SMILES string of the molecule is O=C(NOP(=O)(ONC(=O)c1ccccc1)ONC(=O)c1ccccc1)c1ccccc1. The van der Waals surface area contributed by atoms with Crippen molar-refractivity contribution in [1.82, 2.24) is 16.4 Å². The highest BCUT2D eigenvalue weighted by molar-refractivity contribution is 7.48. The third-order valence-electron chi connectivity index (χ3n) is 3.86. The maximum Gasteiger partial charge on any atom is 0.539 e. The van der Waals surface area contributed by atoms with Crippen molar-refractivity contribution in [2.45, 2.75) is 0 Å². The highest BCUT2D eigenvalue weighted by Gasteiger charge is 2.33. The number of hydrogen-bond acceptors (Lipinski definition) is 7. The first-order valence-electron chi connectivity index (χ1n) is 9.19. The van der Waals surface area contributed by atoms with Crippen molar-refractivity contribution in [3.63, 3.8) is 0 Å². The molecule has 0 atom stereocenters. The fourth-order valence-corrected chi connectivity index (χ4v) is 2.99. The number of hydrogen-bond donors (Lipinski definition) is 3. The lowest BCUT2D eigenvalue weighted by atomic mass is 10.2. The second-order valence-corrected chi connectivity index (χ2v) is 7.55. The van der Waals surface area contributed by atoms with Crippen LogP contribution in [0.15, 0.2) is 91.0 Å². The number of carbonyl (C=O) groups is 3. The molecule has 0 aliphatic carbocycles. The summed E-state index contributed by atoms with van der Waals surface area (Å²) in [5.41, 5.74) is 6.32. The molecule has 3 N–H and O–H groups in total. The minimum Gasteiger partial charge on any atom is -0.267 e. The molecule has 0 bridgehead atoms. The standard InChI is InChI=1S/C21H18N3O7P/c25-19(16-10-4-1-5-11-16)22-29-32(28,30-23-20(26)17-12-6-2-7-13-17)31-24-21(27)18-14-8-3-9-15-18/h1-15H,(H,22,25)(H,23,26)(H,24,27). The van der Waals surface area contributed by atoms with Gasteiger partial charge in [-0.15, -0.1) is 0 Å². The number of carbonyl (C=O) groups excluding carboxylic acids is 3. The minimum atomic E-state index is -4.74. The van der Waals surface area contributed by atoms with Gasteiger partial charge >= 0.3 is 7.82 Å². The van der Waals surface area contributed by atoms with Crippen molar-refractivity contribution in [2.24, 2.45) is 0 Å². The van der Waals surface area contributed by atoms with Crippen molar-refractivity contribution in [3.05, 3.63) is 108 Å². The molecule has 0 heterocycles. The molecule has 3 aromatic carbocycles. The molecule has 0 aromatic heterocycles. The molecule has 11 heteroatoms. The lowest BCUT2D eigenvalue weighted by molar-refractivity contribution is 0.0150. The summed E-state index contributed by atoms with van der Waals surface area (Å²) in [4.78, 5) is 36.5. The summed E-state index contributed by atoms with van der Waals surface area (Å²) in [6, 6.07) is 23.7. The van der Waals surface area contributed by atoms with Gasteiger partial charge in [0.25, 0.3) is 17.7 Å². The summed E-state index contributed by atoms with van der Waals surface area (Å²) in [6.45, 7) is 0. The smallest absolute Gasteiger partial charge is 0.267 e. The molecule has 0 spiro atoms. The van der Waals surface area contributed by atoms with Crippen LogP contribution in [0.3, 0.4) is 0 Å². The van der Waals surface area contributed by atoms with Crippen LogP contribution in [0, 0.1) is 0 Å². The molecule has 3 rings (SSSR count). The van der Waals surface area contributed by atoms with Crippen LogP contribution in [0.1, 0.15) is 31.1 Å².